The van der Waals surface area contributed by atoms with Gasteiger partial charge in [0.2, 0.25) is 0 Å². The molecule has 0 saturated carbocycles. The SMILES string of the molecule is O=C1C=Cc2cc[n+](Cc3ccccc3)cc2C1.O=C1C=Cc2ccncc2C1.[Br-]. The molecule has 0 amide bonds. The maximum absolute atomic E-state index is 11.4. The molecule has 0 fully saturated rings. The predicted molar refractivity (Wildman–Crippen MR) is 112 cm³/mol. The van der Waals surface area contributed by atoms with Crippen LogP contribution in [0.1, 0.15) is 27.8 Å². The van der Waals surface area contributed by atoms with E-state index in [9.17, 15) is 9.59 Å². The van der Waals surface area contributed by atoms with Crippen LogP contribution in [0.3, 0.4) is 0 Å². The molecule has 2 heterocycles. The van der Waals surface area contributed by atoms with Crippen molar-refractivity contribution < 1.29 is 31.1 Å². The minimum Gasteiger partial charge on any atom is -1.00 e. The van der Waals surface area contributed by atoms with E-state index in [4.69, 9.17) is 0 Å². The van der Waals surface area contributed by atoms with E-state index in [0.29, 0.717) is 12.8 Å². The summed E-state index contributed by atoms with van der Waals surface area (Å²) < 4.78 is 2.13. The summed E-state index contributed by atoms with van der Waals surface area (Å²) in [5.74, 6) is 0.338. The van der Waals surface area contributed by atoms with Crippen molar-refractivity contribution in [3.63, 3.8) is 0 Å². The van der Waals surface area contributed by atoms with Crippen molar-refractivity contribution in [3.05, 3.63) is 107 Å². The van der Waals surface area contributed by atoms with Crippen LogP contribution in [0.15, 0.2) is 79.4 Å². The van der Waals surface area contributed by atoms with Gasteiger partial charge in [-0.1, -0.05) is 42.5 Å². The van der Waals surface area contributed by atoms with Gasteiger partial charge in [-0.25, -0.2) is 4.57 Å². The topological polar surface area (TPSA) is 50.9 Å². The summed E-state index contributed by atoms with van der Waals surface area (Å²) in [6, 6.07) is 14.3. The lowest BCUT2D eigenvalue weighted by atomic mass is 9.99. The Hall–Kier alpha value is -3.18. The highest BCUT2D eigenvalue weighted by Gasteiger charge is 2.14. The number of pyridine rings is 2. The second-order valence-corrected chi connectivity index (χ2v) is 7.11. The van der Waals surface area contributed by atoms with Crippen LogP contribution in [0.5, 0.6) is 0 Å². The number of allylic oxidation sites excluding steroid dienone is 2. The van der Waals surface area contributed by atoms with Crippen LogP contribution in [0, 0.1) is 0 Å². The molecule has 4 nitrogen and oxygen atoms in total. The third kappa shape index (κ3) is 5.45. The quantitative estimate of drug-likeness (QED) is 0.519. The summed E-state index contributed by atoms with van der Waals surface area (Å²) in [5.41, 5.74) is 5.67. The van der Waals surface area contributed by atoms with E-state index >= 15 is 0 Å². The van der Waals surface area contributed by atoms with Crippen LogP contribution in [-0.4, -0.2) is 16.6 Å². The van der Waals surface area contributed by atoms with Gasteiger partial charge in [0.25, 0.3) is 0 Å². The lowest BCUT2D eigenvalue weighted by Crippen LogP contribution is -3.00. The average molecular weight is 461 g/mol. The first-order valence-electron chi connectivity index (χ1n) is 9.58. The van der Waals surface area contributed by atoms with Gasteiger partial charge in [-0.3, -0.25) is 14.6 Å². The van der Waals surface area contributed by atoms with Gasteiger partial charge in [-0.2, -0.15) is 0 Å². The van der Waals surface area contributed by atoms with Gasteiger partial charge in [0.1, 0.15) is 0 Å². The summed E-state index contributed by atoms with van der Waals surface area (Å²) in [4.78, 5) is 26.3. The zero-order valence-corrected chi connectivity index (χ0v) is 18.0. The van der Waals surface area contributed by atoms with Crippen LogP contribution >= 0.6 is 0 Å². The van der Waals surface area contributed by atoms with Crippen molar-refractivity contribution in [1.29, 1.82) is 0 Å². The average Bonchev–Trinajstić information content (AvgIpc) is 2.74. The number of ketones is 2. The minimum absolute atomic E-state index is 0. The fourth-order valence-electron chi connectivity index (χ4n) is 3.41. The molecule has 2 aliphatic rings. The molecule has 0 bridgehead atoms. The van der Waals surface area contributed by atoms with E-state index in [1.54, 1.807) is 24.5 Å². The number of carbonyl (C=O) groups excluding carboxylic acids is 2. The third-order valence-corrected chi connectivity index (χ3v) is 4.91. The molecule has 5 heteroatoms. The van der Waals surface area contributed by atoms with Crippen LogP contribution in [-0.2, 0) is 29.0 Å². The number of hydrogen-bond acceptors (Lipinski definition) is 3. The standard InChI is InChI=1S/C16H14NO.C9H7NO.BrH/c18-16-7-6-14-8-9-17(12-15(14)10-16)11-13-4-2-1-3-5-13;11-9-2-1-7-3-4-10-6-8(7)5-9;/h1-9,12H,10-11H2;1-4,6H,5H2;1H/q+1;;/p-1. The molecule has 0 N–H and O–H groups in total. The Balaban J connectivity index is 0.000000184. The first-order valence-corrected chi connectivity index (χ1v) is 9.58. The molecule has 0 atom stereocenters. The summed E-state index contributed by atoms with van der Waals surface area (Å²) in [6.45, 7) is 0.839. The van der Waals surface area contributed by atoms with Gasteiger partial charge in [0.05, 0.1) is 0 Å². The van der Waals surface area contributed by atoms with Crippen molar-refractivity contribution in [3.8, 4) is 0 Å². The van der Waals surface area contributed by atoms with E-state index in [1.165, 1.54) is 5.56 Å². The van der Waals surface area contributed by atoms with Gasteiger partial charge >= 0.3 is 0 Å². The first kappa shape index (κ1) is 21.5. The van der Waals surface area contributed by atoms with E-state index in [1.807, 2.05) is 36.4 Å². The molecular weight excluding hydrogens is 440 g/mol. The fourth-order valence-corrected chi connectivity index (χ4v) is 3.41. The Morgan fingerprint density at radius 1 is 0.800 bits per heavy atom. The largest absolute Gasteiger partial charge is 1.00 e. The lowest BCUT2D eigenvalue weighted by Gasteiger charge is -2.07. The maximum atomic E-state index is 11.4. The summed E-state index contributed by atoms with van der Waals surface area (Å²) in [5, 5.41) is 0. The molecule has 1 aromatic carbocycles. The number of rotatable bonds is 2. The highest BCUT2D eigenvalue weighted by atomic mass is 79.9. The summed E-state index contributed by atoms with van der Waals surface area (Å²) >= 11 is 0. The van der Waals surface area contributed by atoms with Gasteiger partial charge < -0.3 is 17.0 Å². The molecule has 0 spiro atoms. The van der Waals surface area contributed by atoms with Crippen LogP contribution in [0.4, 0.5) is 0 Å². The maximum Gasteiger partial charge on any atom is 0.173 e. The molecule has 30 heavy (non-hydrogen) atoms. The number of fused-ring (bicyclic) bond motifs is 2. The van der Waals surface area contributed by atoms with E-state index in [0.717, 1.165) is 28.8 Å². The molecule has 2 aliphatic carbocycles. The molecule has 5 rings (SSSR count). The van der Waals surface area contributed by atoms with E-state index < -0.39 is 0 Å². The Kier molecular flexibility index (Phi) is 7.20. The zero-order chi connectivity index (χ0) is 20.1. The van der Waals surface area contributed by atoms with E-state index in [2.05, 4.69) is 40.1 Å². The number of nitrogens with zero attached hydrogens (tertiary/aromatic N) is 2. The number of carbonyl (C=O) groups is 2. The minimum atomic E-state index is 0. The highest BCUT2D eigenvalue weighted by molar-refractivity contribution is 5.98. The second-order valence-electron chi connectivity index (χ2n) is 7.11. The Morgan fingerprint density at radius 2 is 1.47 bits per heavy atom. The number of hydrogen-bond donors (Lipinski definition) is 0. The Morgan fingerprint density at radius 3 is 2.20 bits per heavy atom. The van der Waals surface area contributed by atoms with Crippen molar-refractivity contribution in [1.82, 2.24) is 4.98 Å². The third-order valence-electron chi connectivity index (χ3n) is 4.91. The van der Waals surface area contributed by atoms with Crippen molar-refractivity contribution in [2.75, 3.05) is 0 Å². The molecule has 3 aromatic rings. The molecule has 0 radical (unpaired) electrons. The summed E-state index contributed by atoms with van der Waals surface area (Å²) in [6.07, 6.45) is 15.6. The zero-order valence-electron chi connectivity index (χ0n) is 16.4. The first-order chi connectivity index (χ1) is 14.2. The molecule has 150 valence electrons. The number of aromatic nitrogens is 2. The molecular formula is C25H21BrN2O2. The number of halogens is 1. The molecule has 0 unspecified atom stereocenters. The molecule has 2 aromatic heterocycles. The summed E-state index contributed by atoms with van der Waals surface area (Å²) in [7, 11) is 0. The smallest absolute Gasteiger partial charge is 0.173 e. The van der Waals surface area contributed by atoms with Gasteiger partial charge in [-0.05, 0) is 34.9 Å². The van der Waals surface area contributed by atoms with Crippen LogP contribution < -0.4 is 21.5 Å². The molecule has 0 aliphatic heterocycles. The fraction of sp³-hybridized carbons (Fsp3) is 0.120. The van der Waals surface area contributed by atoms with Gasteiger partial charge in [0, 0.05) is 42.4 Å². The Bertz CT molecular complexity index is 1120. The predicted octanol–water partition coefficient (Wildman–Crippen LogP) is 0.385. The van der Waals surface area contributed by atoms with E-state index in [-0.39, 0.29) is 28.5 Å². The second kappa shape index (κ2) is 10.0. The number of benzene rings is 1. The normalized spacial score (nSPS) is 13.5. The van der Waals surface area contributed by atoms with Crippen LogP contribution in [0.2, 0.25) is 0 Å². The highest BCUT2D eigenvalue weighted by Crippen LogP contribution is 2.15. The van der Waals surface area contributed by atoms with Crippen LogP contribution in [0.25, 0.3) is 12.2 Å². The van der Waals surface area contributed by atoms with Crippen molar-refractivity contribution in [2.45, 2.75) is 19.4 Å². The molecule has 0 saturated heterocycles. The van der Waals surface area contributed by atoms with Gasteiger partial charge in [0.15, 0.2) is 30.5 Å². The van der Waals surface area contributed by atoms with Crippen molar-refractivity contribution in [2.24, 2.45) is 0 Å². The Labute approximate surface area is 186 Å². The van der Waals surface area contributed by atoms with Crippen molar-refractivity contribution >= 4 is 23.7 Å². The lowest BCUT2D eigenvalue weighted by molar-refractivity contribution is -0.688. The van der Waals surface area contributed by atoms with Gasteiger partial charge in [-0.15, -0.1) is 0 Å². The monoisotopic (exact) mass is 460 g/mol.